The smallest absolute Gasteiger partial charge is 0.355 e. The number of nitrogens with zero attached hydrogens (tertiary/aromatic N) is 1. The van der Waals surface area contributed by atoms with Crippen molar-refractivity contribution in [2.24, 2.45) is 11.8 Å². The molecule has 1 aromatic rings. The number of ether oxygens (including phenoxy) is 2. The topological polar surface area (TPSA) is 88.7 Å². The van der Waals surface area contributed by atoms with Crippen molar-refractivity contribution in [2.75, 3.05) is 26.3 Å². The number of piperidine rings is 1. The summed E-state index contributed by atoms with van der Waals surface area (Å²) in [5.41, 5.74) is 1.50. The number of carbonyl (C=O) groups is 3. The molecule has 0 bridgehead atoms. The maximum atomic E-state index is 12.4. The van der Waals surface area contributed by atoms with Crippen LogP contribution in [0, 0.1) is 25.7 Å². The minimum absolute atomic E-state index is 0.187. The highest BCUT2D eigenvalue weighted by Gasteiger charge is 2.28. The Bertz CT molecular complexity index is 684. The number of aromatic amines is 1. The van der Waals surface area contributed by atoms with E-state index < -0.39 is 11.9 Å². The number of carbonyl (C=O) groups excluding carboxylic acids is 3. The van der Waals surface area contributed by atoms with E-state index in [1.54, 1.807) is 25.7 Å². The summed E-state index contributed by atoms with van der Waals surface area (Å²) in [5, 5.41) is 0. The van der Waals surface area contributed by atoms with Crippen molar-refractivity contribution < 1.29 is 23.9 Å². The minimum Gasteiger partial charge on any atom is -0.461 e. The summed E-state index contributed by atoms with van der Waals surface area (Å²) in [4.78, 5) is 41.3. The first-order valence-electron chi connectivity index (χ1n) is 9.05. The molecule has 144 valence electrons. The maximum absolute atomic E-state index is 12.4. The van der Waals surface area contributed by atoms with E-state index in [0.717, 1.165) is 6.42 Å². The zero-order chi connectivity index (χ0) is 19.4. The second-order valence-corrected chi connectivity index (χ2v) is 7.17. The molecule has 2 heterocycles. The number of likely N-dealkylation sites (tertiary alicyclic amines) is 1. The molecule has 2 atom stereocenters. The van der Waals surface area contributed by atoms with E-state index in [0.29, 0.717) is 36.2 Å². The van der Waals surface area contributed by atoms with Gasteiger partial charge in [0.15, 0.2) is 6.61 Å². The van der Waals surface area contributed by atoms with E-state index in [1.807, 2.05) is 0 Å². The van der Waals surface area contributed by atoms with Crippen molar-refractivity contribution >= 4 is 17.8 Å². The molecule has 2 rings (SSSR count). The van der Waals surface area contributed by atoms with E-state index in [2.05, 4.69) is 18.8 Å². The molecule has 0 aromatic carbocycles. The summed E-state index contributed by atoms with van der Waals surface area (Å²) in [5.74, 6) is -0.426. The number of aryl methyl sites for hydroxylation is 1. The van der Waals surface area contributed by atoms with E-state index in [9.17, 15) is 14.4 Å². The van der Waals surface area contributed by atoms with Crippen LogP contribution in [-0.2, 0) is 14.3 Å². The third kappa shape index (κ3) is 4.45. The first kappa shape index (κ1) is 20.0. The van der Waals surface area contributed by atoms with E-state index in [-0.39, 0.29) is 30.4 Å². The Morgan fingerprint density at radius 3 is 2.27 bits per heavy atom. The Balaban J connectivity index is 2.02. The van der Waals surface area contributed by atoms with Crippen molar-refractivity contribution in [1.82, 2.24) is 9.88 Å². The Morgan fingerprint density at radius 2 is 1.69 bits per heavy atom. The molecule has 0 spiro atoms. The van der Waals surface area contributed by atoms with Gasteiger partial charge in [-0.3, -0.25) is 4.79 Å². The predicted octanol–water partition coefficient (Wildman–Crippen LogP) is 2.47. The third-order valence-corrected chi connectivity index (χ3v) is 4.67. The van der Waals surface area contributed by atoms with Gasteiger partial charge in [0, 0.05) is 18.8 Å². The first-order chi connectivity index (χ1) is 12.2. The number of aromatic nitrogens is 1. The Hall–Kier alpha value is -2.31. The fourth-order valence-corrected chi connectivity index (χ4v) is 3.62. The van der Waals surface area contributed by atoms with Crippen molar-refractivity contribution in [3.63, 3.8) is 0 Å². The lowest BCUT2D eigenvalue weighted by atomic mass is 9.92. The van der Waals surface area contributed by atoms with Crippen LogP contribution in [0.25, 0.3) is 0 Å². The maximum Gasteiger partial charge on any atom is 0.355 e. The molecule has 1 aromatic heterocycles. The second kappa shape index (κ2) is 8.38. The zero-order valence-electron chi connectivity index (χ0n) is 16.2. The number of esters is 2. The zero-order valence-corrected chi connectivity index (χ0v) is 16.2. The van der Waals surface area contributed by atoms with Gasteiger partial charge in [-0.1, -0.05) is 13.8 Å². The molecule has 1 N–H and O–H groups in total. The van der Waals surface area contributed by atoms with E-state index in [4.69, 9.17) is 9.47 Å². The molecule has 0 radical (unpaired) electrons. The molecule has 7 heteroatoms. The normalized spacial score (nSPS) is 20.0. The van der Waals surface area contributed by atoms with Gasteiger partial charge in [-0.25, -0.2) is 9.59 Å². The molecular formula is C19H28N2O5. The first-order valence-corrected chi connectivity index (χ1v) is 9.05. The van der Waals surface area contributed by atoms with Crippen LogP contribution in [0.15, 0.2) is 0 Å². The van der Waals surface area contributed by atoms with Crippen molar-refractivity contribution in [2.45, 2.75) is 41.0 Å². The Kier molecular flexibility index (Phi) is 6.45. The van der Waals surface area contributed by atoms with Crippen LogP contribution in [-0.4, -0.2) is 54.0 Å². The van der Waals surface area contributed by atoms with Gasteiger partial charge in [0.05, 0.1) is 12.2 Å². The van der Waals surface area contributed by atoms with Crippen LogP contribution < -0.4 is 0 Å². The summed E-state index contributed by atoms with van der Waals surface area (Å²) < 4.78 is 10.2. The average Bonchev–Trinajstić information content (AvgIpc) is 2.86. The number of amides is 1. The summed E-state index contributed by atoms with van der Waals surface area (Å²) >= 11 is 0. The van der Waals surface area contributed by atoms with Crippen LogP contribution in [0.5, 0.6) is 0 Å². The summed E-state index contributed by atoms with van der Waals surface area (Å²) in [6.45, 7) is 10.6. The molecule has 1 saturated heterocycles. The molecular weight excluding hydrogens is 336 g/mol. The van der Waals surface area contributed by atoms with E-state index >= 15 is 0 Å². The number of hydrogen-bond acceptors (Lipinski definition) is 5. The number of rotatable bonds is 5. The standard InChI is InChI=1S/C19H28N2O5/c1-6-25-19(24)17-13(4)16(14(5)20-17)18(23)26-10-15(22)21-8-11(2)7-12(3)9-21/h11-12,20H,6-10H2,1-5H3/t11-,12-/m1/s1. The van der Waals surface area contributed by atoms with Gasteiger partial charge in [-0.05, 0) is 44.6 Å². The fraction of sp³-hybridized carbons (Fsp3) is 0.632. The lowest BCUT2D eigenvalue weighted by Crippen LogP contribution is -2.44. The fourth-order valence-electron chi connectivity index (χ4n) is 3.62. The van der Waals surface area contributed by atoms with Crippen molar-refractivity contribution in [1.29, 1.82) is 0 Å². The molecule has 0 aliphatic carbocycles. The third-order valence-electron chi connectivity index (χ3n) is 4.67. The van der Waals surface area contributed by atoms with Gasteiger partial charge in [-0.15, -0.1) is 0 Å². The summed E-state index contributed by atoms with van der Waals surface area (Å²) in [6.07, 6.45) is 1.10. The highest BCUT2D eigenvalue weighted by molar-refractivity contribution is 5.99. The average molecular weight is 364 g/mol. The molecule has 1 amide bonds. The van der Waals surface area contributed by atoms with Crippen LogP contribution in [0.1, 0.15) is 59.3 Å². The monoisotopic (exact) mass is 364 g/mol. The highest BCUT2D eigenvalue weighted by atomic mass is 16.5. The molecule has 1 aliphatic heterocycles. The number of nitrogens with one attached hydrogen (secondary N) is 1. The minimum atomic E-state index is -0.613. The van der Waals surface area contributed by atoms with E-state index in [1.165, 1.54) is 0 Å². The number of hydrogen-bond donors (Lipinski definition) is 1. The van der Waals surface area contributed by atoms with Crippen molar-refractivity contribution in [3.8, 4) is 0 Å². The van der Waals surface area contributed by atoms with Gasteiger partial charge in [0.2, 0.25) is 0 Å². The van der Waals surface area contributed by atoms with Crippen LogP contribution in [0.3, 0.4) is 0 Å². The van der Waals surface area contributed by atoms with Crippen molar-refractivity contribution in [3.05, 3.63) is 22.5 Å². The second-order valence-electron chi connectivity index (χ2n) is 7.17. The van der Waals surface area contributed by atoms with Crippen LogP contribution in [0.4, 0.5) is 0 Å². The lowest BCUT2D eigenvalue weighted by molar-refractivity contribution is -0.137. The van der Waals surface area contributed by atoms with Gasteiger partial charge in [0.25, 0.3) is 5.91 Å². The van der Waals surface area contributed by atoms with Gasteiger partial charge in [0.1, 0.15) is 5.69 Å². The molecule has 7 nitrogen and oxygen atoms in total. The van der Waals surface area contributed by atoms with Gasteiger partial charge < -0.3 is 19.4 Å². The summed E-state index contributed by atoms with van der Waals surface area (Å²) in [6, 6.07) is 0. The quantitative estimate of drug-likeness (QED) is 0.811. The SMILES string of the molecule is CCOC(=O)c1[nH]c(C)c(C(=O)OCC(=O)N2C[C@H](C)C[C@@H](C)C2)c1C. The molecule has 26 heavy (non-hydrogen) atoms. The highest BCUT2D eigenvalue weighted by Crippen LogP contribution is 2.22. The predicted molar refractivity (Wildman–Crippen MR) is 96.0 cm³/mol. The molecule has 1 aliphatic rings. The lowest BCUT2D eigenvalue weighted by Gasteiger charge is -2.34. The van der Waals surface area contributed by atoms with Gasteiger partial charge in [-0.2, -0.15) is 0 Å². The molecule has 1 fully saturated rings. The van der Waals surface area contributed by atoms with Crippen LogP contribution >= 0.6 is 0 Å². The summed E-state index contributed by atoms with van der Waals surface area (Å²) in [7, 11) is 0. The molecule has 0 saturated carbocycles. The molecule has 0 unspecified atom stereocenters. The Morgan fingerprint density at radius 1 is 1.08 bits per heavy atom. The number of H-pyrrole nitrogens is 1. The Labute approximate surface area is 154 Å². The largest absolute Gasteiger partial charge is 0.461 e. The van der Waals surface area contributed by atoms with Gasteiger partial charge >= 0.3 is 11.9 Å². The van der Waals surface area contributed by atoms with Crippen LogP contribution in [0.2, 0.25) is 0 Å².